The Morgan fingerprint density at radius 1 is 1.08 bits per heavy atom. The Bertz CT molecular complexity index is 284. The summed E-state index contributed by atoms with van der Waals surface area (Å²) in [5.41, 5.74) is 0. The van der Waals surface area contributed by atoms with E-state index in [0.717, 1.165) is 4.83 Å². The fourth-order valence-electron chi connectivity index (χ4n) is 0.800. The number of thiophene rings is 1. The van der Waals surface area contributed by atoms with Gasteiger partial charge in [-0.15, -0.1) is 11.3 Å². The van der Waals surface area contributed by atoms with Crippen LogP contribution in [0.1, 0.15) is 27.7 Å². The monoisotopic (exact) mass is 195 g/mol. The van der Waals surface area contributed by atoms with E-state index in [0.29, 0.717) is 0 Å². The van der Waals surface area contributed by atoms with Crippen molar-refractivity contribution in [3.8, 4) is 0 Å². The molecule has 0 atom stereocenters. The maximum Gasteiger partial charge on any atom is 0.123 e. The van der Waals surface area contributed by atoms with Crippen molar-refractivity contribution in [2.24, 2.45) is 0 Å². The molecule has 2 aromatic heterocycles. The molecule has 0 N–H and O–H groups in total. The molecule has 0 fully saturated rings. The van der Waals surface area contributed by atoms with Crippen LogP contribution in [-0.4, -0.2) is 4.98 Å². The lowest BCUT2D eigenvalue weighted by molar-refractivity contribution is 1.45. The zero-order valence-corrected chi connectivity index (χ0v) is 9.56. The zero-order chi connectivity index (χ0) is 10.1. The SMILES string of the molecule is CC.CC.c1cnc2sccc2c1. The largest absolute Gasteiger partial charge is 0.245 e. The standard InChI is InChI=1S/C7H5NS.2C2H6/c1-2-6-3-5-9-7(6)8-4-1;2*1-2/h1-5H;2*1-2H3. The molecule has 0 aliphatic carbocycles. The van der Waals surface area contributed by atoms with E-state index in [1.165, 1.54) is 5.39 Å². The molecule has 2 heterocycles. The molecular formula is C11H17NS. The first kappa shape index (κ1) is 12.1. The van der Waals surface area contributed by atoms with Crippen molar-refractivity contribution in [3.63, 3.8) is 0 Å². The number of aromatic nitrogens is 1. The molecule has 0 spiro atoms. The average Bonchev–Trinajstić information content (AvgIpc) is 2.71. The topological polar surface area (TPSA) is 12.9 Å². The van der Waals surface area contributed by atoms with Gasteiger partial charge in [0.1, 0.15) is 4.83 Å². The highest BCUT2D eigenvalue weighted by molar-refractivity contribution is 7.16. The smallest absolute Gasteiger partial charge is 0.123 e. The van der Waals surface area contributed by atoms with Gasteiger partial charge >= 0.3 is 0 Å². The molecule has 0 saturated carbocycles. The van der Waals surface area contributed by atoms with Crippen molar-refractivity contribution in [2.75, 3.05) is 0 Å². The second kappa shape index (κ2) is 7.74. The quantitative estimate of drug-likeness (QED) is 0.609. The highest BCUT2D eigenvalue weighted by atomic mass is 32.1. The molecule has 72 valence electrons. The van der Waals surface area contributed by atoms with Crippen LogP contribution in [-0.2, 0) is 0 Å². The zero-order valence-electron chi connectivity index (χ0n) is 8.74. The van der Waals surface area contributed by atoms with Crippen LogP contribution in [0.2, 0.25) is 0 Å². The summed E-state index contributed by atoms with van der Waals surface area (Å²) in [5.74, 6) is 0. The molecule has 2 heteroatoms. The van der Waals surface area contributed by atoms with E-state index in [1.807, 2.05) is 40.0 Å². The van der Waals surface area contributed by atoms with Crippen molar-refractivity contribution in [1.82, 2.24) is 4.98 Å². The summed E-state index contributed by atoms with van der Waals surface area (Å²) in [6, 6.07) is 6.10. The Balaban J connectivity index is 0.000000322. The Hall–Kier alpha value is -0.890. The Morgan fingerprint density at radius 2 is 1.77 bits per heavy atom. The number of rotatable bonds is 0. The predicted octanol–water partition coefficient (Wildman–Crippen LogP) is 4.35. The Morgan fingerprint density at radius 3 is 2.38 bits per heavy atom. The number of hydrogen-bond acceptors (Lipinski definition) is 2. The van der Waals surface area contributed by atoms with Gasteiger partial charge in [0.25, 0.3) is 0 Å². The van der Waals surface area contributed by atoms with Crippen LogP contribution >= 0.6 is 11.3 Å². The van der Waals surface area contributed by atoms with Gasteiger partial charge in [0.05, 0.1) is 0 Å². The molecular weight excluding hydrogens is 178 g/mol. The summed E-state index contributed by atoms with van der Waals surface area (Å²) in [6.07, 6.45) is 1.82. The summed E-state index contributed by atoms with van der Waals surface area (Å²) < 4.78 is 0. The van der Waals surface area contributed by atoms with Gasteiger partial charge in [0.2, 0.25) is 0 Å². The molecule has 0 saturated heterocycles. The van der Waals surface area contributed by atoms with Gasteiger partial charge in [0, 0.05) is 11.6 Å². The lowest BCUT2D eigenvalue weighted by Crippen LogP contribution is -1.65. The van der Waals surface area contributed by atoms with Crippen molar-refractivity contribution in [2.45, 2.75) is 27.7 Å². The summed E-state index contributed by atoms with van der Waals surface area (Å²) in [4.78, 5) is 5.28. The van der Waals surface area contributed by atoms with Crippen molar-refractivity contribution in [3.05, 3.63) is 29.8 Å². The molecule has 2 aromatic rings. The van der Waals surface area contributed by atoms with E-state index in [9.17, 15) is 0 Å². The van der Waals surface area contributed by atoms with Gasteiger partial charge in [0.15, 0.2) is 0 Å². The van der Waals surface area contributed by atoms with Crippen LogP contribution < -0.4 is 0 Å². The lowest BCUT2D eigenvalue weighted by Gasteiger charge is -1.81. The van der Waals surface area contributed by atoms with E-state index in [2.05, 4.69) is 22.5 Å². The third-order valence-electron chi connectivity index (χ3n) is 1.23. The highest BCUT2D eigenvalue weighted by Gasteiger charge is 1.89. The van der Waals surface area contributed by atoms with E-state index < -0.39 is 0 Å². The molecule has 2 rings (SSSR count). The van der Waals surface area contributed by atoms with Crippen LogP contribution in [0.3, 0.4) is 0 Å². The summed E-state index contributed by atoms with van der Waals surface area (Å²) in [6.45, 7) is 8.00. The first-order valence-electron chi connectivity index (χ1n) is 4.75. The molecule has 0 amide bonds. The summed E-state index contributed by atoms with van der Waals surface area (Å²) in [7, 11) is 0. The fourth-order valence-corrected chi connectivity index (χ4v) is 1.54. The number of pyridine rings is 1. The first-order valence-corrected chi connectivity index (χ1v) is 5.63. The molecule has 13 heavy (non-hydrogen) atoms. The van der Waals surface area contributed by atoms with E-state index in [4.69, 9.17) is 0 Å². The highest BCUT2D eigenvalue weighted by Crippen LogP contribution is 2.15. The average molecular weight is 195 g/mol. The molecule has 0 unspecified atom stereocenters. The fraction of sp³-hybridized carbons (Fsp3) is 0.364. The maximum absolute atomic E-state index is 4.16. The number of hydrogen-bond donors (Lipinski definition) is 0. The third kappa shape index (κ3) is 3.55. The first-order chi connectivity index (χ1) is 6.47. The number of nitrogens with zero attached hydrogens (tertiary/aromatic N) is 1. The normalized spacial score (nSPS) is 8.00. The van der Waals surface area contributed by atoms with Crippen LogP contribution in [0.5, 0.6) is 0 Å². The minimum Gasteiger partial charge on any atom is -0.245 e. The van der Waals surface area contributed by atoms with Crippen LogP contribution in [0.25, 0.3) is 10.2 Å². The molecule has 0 aliphatic heterocycles. The van der Waals surface area contributed by atoms with Gasteiger partial charge in [-0.1, -0.05) is 33.8 Å². The molecule has 0 aliphatic rings. The molecule has 1 nitrogen and oxygen atoms in total. The van der Waals surface area contributed by atoms with Crippen LogP contribution in [0, 0.1) is 0 Å². The molecule has 0 radical (unpaired) electrons. The van der Waals surface area contributed by atoms with Gasteiger partial charge in [-0.05, 0) is 17.5 Å². The maximum atomic E-state index is 4.16. The van der Waals surface area contributed by atoms with Gasteiger partial charge in [-0.2, -0.15) is 0 Å². The minimum absolute atomic E-state index is 1.12. The van der Waals surface area contributed by atoms with E-state index in [1.54, 1.807) is 11.3 Å². The van der Waals surface area contributed by atoms with Crippen LogP contribution in [0.4, 0.5) is 0 Å². The summed E-state index contributed by atoms with van der Waals surface area (Å²) >= 11 is 1.68. The van der Waals surface area contributed by atoms with Crippen molar-refractivity contribution >= 4 is 21.6 Å². The van der Waals surface area contributed by atoms with Gasteiger partial charge in [-0.3, -0.25) is 0 Å². The van der Waals surface area contributed by atoms with Crippen molar-refractivity contribution < 1.29 is 0 Å². The second-order valence-corrected chi connectivity index (χ2v) is 2.71. The predicted molar refractivity (Wildman–Crippen MR) is 62.3 cm³/mol. The minimum atomic E-state index is 1.12. The van der Waals surface area contributed by atoms with Gasteiger partial charge < -0.3 is 0 Å². The lowest BCUT2D eigenvalue weighted by atomic mass is 10.4. The Labute approximate surface area is 84.4 Å². The van der Waals surface area contributed by atoms with E-state index >= 15 is 0 Å². The molecule has 0 bridgehead atoms. The van der Waals surface area contributed by atoms with Gasteiger partial charge in [-0.25, -0.2) is 4.98 Å². The summed E-state index contributed by atoms with van der Waals surface area (Å²) in [5, 5.41) is 3.29. The van der Waals surface area contributed by atoms with E-state index in [-0.39, 0.29) is 0 Å². The number of fused-ring (bicyclic) bond motifs is 1. The molecule has 0 aromatic carbocycles. The van der Waals surface area contributed by atoms with Crippen molar-refractivity contribution in [1.29, 1.82) is 0 Å². The van der Waals surface area contributed by atoms with Crippen LogP contribution in [0.15, 0.2) is 29.8 Å². The third-order valence-corrected chi connectivity index (χ3v) is 2.06. The second-order valence-electron chi connectivity index (χ2n) is 1.82. The Kier molecular flexibility index (Phi) is 7.21.